The number of nitrogens with zero attached hydrogens (tertiary/aromatic N) is 1. The Morgan fingerprint density at radius 2 is 1.72 bits per heavy atom. The molecule has 2 aliphatic rings. The van der Waals surface area contributed by atoms with E-state index in [1.165, 1.54) is 4.90 Å². The zero-order valence-electron chi connectivity index (χ0n) is 11.8. The molecule has 0 aromatic rings. The topological polar surface area (TPSA) is 63.4 Å². The molecule has 4 nitrogen and oxygen atoms in total. The van der Waals surface area contributed by atoms with Crippen LogP contribution in [-0.2, 0) is 9.59 Å². The lowest BCUT2D eigenvalue weighted by Crippen LogP contribution is -2.37. The van der Waals surface area contributed by atoms with Gasteiger partial charge in [-0.15, -0.1) is 0 Å². The van der Waals surface area contributed by atoms with Crippen molar-refractivity contribution in [3.05, 3.63) is 0 Å². The minimum Gasteiger partial charge on any atom is -0.330 e. The van der Waals surface area contributed by atoms with Crippen LogP contribution < -0.4 is 5.73 Å². The number of imide groups is 1. The molecule has 2 fully saturated rings. The van der Waals surface area contributed by atoms with Gasteiger partial charge in [0, 0.05) is 6.54 Å². The van der Waals surface area contributed by atoms with Gasteiger partial charge in [-0.25, -0.2) is 0 Å². The zero-order valence-corrected chi connectivity index (χ0v) is 11.8. The number of carbonyl (C=O) groups excluding carboxylic acids is 2. The number of hydrogen-bond acceptors (Lipinski definition) is 3. The van der Waals surface area contributed by atoms with Crippen LogP contribution >= 0.6 is 0 Å². The van der Waals surface area contributed by atoms with E-state index in [1.54, 1.807) is 0 Å². The maximum absolute atomic E-state index is 12.1. The summed E-state index contributed by atoms with van der Waals surface area (Å²) in [5.74, 6) is -0.0128. The molecular formula is C14H24N2O2. The van der Waals surface area contributed by atoms with Crippen LogP contribution in [0.3, 0.4) is 0 Å². The number of fused-ring (bicyclic) bond motifs is 1. The predicted molar refractivity (Wildman–Crippen MR) is 69.6 cm³/mol. The normalized spacial score (nSPS) is 29.7. The Morgan fingerprint density at radius 3 is 2.17 bits per heavy atom. The number of likely N-dealkylation sites (tertiary alicyclic amines) is 1. The monoisotopic (exact) mass is 252 g/mol. The molecule has 2 rings (SSSR count). The molecular weight excluding hydrogens is 228 g/mol. The molecule has 2 amide bonds. The summed E-state index contributed by atoms with van der Waals surface area (Å²) in [6.07, 6.45) is 1.79. The molecule has 4 heteroatoms. The Balaban J connectivity index is 1.87. The van der Waals surface area contributed by atoms with Gasteiger partial charge in [0.15, 0.2) is 0 Å². The molecule has 2 unspecified atom stereocenters. The summed E-state index contributed by atoms with van der Waals surface area (Å²) in [4.78, 5) is 25.6. The van der Waals surface area contributed by atoms with Crippen LogP contribution in [0.15, 0.2) is 0 Å². The fourth-order valence-corrected chi connectivity index (χ4v) is 3.04. The fraction of sp³-hybridized carbons (Fsp3) is 0.857. The maximum Gasteiger partial charge on any atom is 0.233 e. The molecule has 18 heavy (non-hydrogen) atoms. The van der Waals surface area contributed by atoms with Crippen LogP contribution in [0.1, 0.15) is 40.5 Å². The van der Waals surface area contributed by atoms with Gasteiger partial charge in [-0.3, -0.25) is 14.5 Å². The number of rotatable bonds is 5. The lowest BCUT2D eigenvalue weighted by atomic mass is 9.88. The molecule has 102 valence electrons. The summed E-state index contributed by atoms with van der Waals surface area (Å²) in [5.41, 5.74) is 5.67. The highest BCUT2D eigenvalue weighted by molar-refractivity contribution is 6.10. The average molecular weight is 252 g/mol. The second-order valence-electron chi connectivity index (χ2n) is 7.08. The fourth-order valence-electron chi connectivity index (χ4n) is 3.04. The van der Waals surface area contributed by atoms with E-state index in [0.29, 0.717) is 13.1 Å². The number of nitrogens with two attached hydrogens (primary N) is 1. The van der Waals surface area contributed by atoms with Gasteiger partial charge in [-0.05, 0) is 30.2 Å². The third-order valence-corrected chi connectivity index (χ3v) is 4.68. The van der Waals surface area contributed by atoms with Crippen LogP contribution in [0.25, 0.3) is 0 Å². The first-order valence-electron chi connectivity index (χ1n) is 6.78. The van der Waals surface area contributed by atoms with E-state index in [9.17, 15) is 9.59 Å². The summed E-state index contributed by atoms with van der Waals surface area (Å²) >= 11 is 0. The second kappa shape index (κ2) is 4.05. The highest BCUT2D eigenvalue weighted by atomic mass is 16.2. The van der Waals surface area contributed by atoms with Gasteiger partial charge in [0.2, 0.25) is 11.8 Å². The number of amides is 2. The van der Waals surface area contributed by atoms with Crippen molar-refractivity contribution < 1.29 is 9.59 Å². The van der Waals surface area contributed by atoms with Crippen molar-refractivity contribution in [2.45, 2.75) is 40.5 Å². The van der Waals surface area contributed by atoms with E-state index in [2.05, 4.69) is 13.8 Å². The predicted octanol–water partition coefficient (Wildman–Crippen LogP) is 1.39. The van der Waals surface area contributed by atoms with E-state index in [4.69, 9.17) is 5.73 Å². The standard InChI is InChI=1S/C14H24N2O2/c1-13(2,8-15)6-5-7-16-11(17)9-10(12(16)18)14(9,3)4/h9-10H,5-8,15H2,1-4H3. The number of carbonyl (C=O) groups is 2. The molecule has 1 aliphatic heterocycles. The SMILES string of the molecule is CC(C)(CN)CCCN1C(=O)C2C(C1=O)C2(C)C. The summed E-state index contributed by atoms with van der Waals surface area (Å²) in [6.45, 7) is 9.43. The highest BCUT2D eigenvalue weighted by Crippen LogP contribution is 2.63. The van der Waals surface area contributed by atoms with Crippen molar-refractivity contribution in [1.29, 1.82) is 0 Å². The molecule has 0 aromatic heterocycles. The van der Waals surface area contributed by atoms with Crippen molar-refractivity contribution in [1.82, 2.24) is 4.90 Å². The highest BCUT2D eigenvalue weighted by Gasteiger charge is 2.72. The van der Waals surface area contributed by atoms with E-state index < -0.39 is 0 Å². The summed E-state index contributed by atoms with van der Waals surface area (Å²) in [7, 11) is 0. The van der Waals surface area contributed by atoms with Gasteiger partial charge in [0.25, 0.3) is 0 Å². The van der Waals surface area contributed by atoms with Gasteiger partial charge < -0.3 is 5.73 Å². The van der Waals surface area contributed by atoms with Crippen LogP contribution in [-0.4, -0.2) is 29.8 Å². The number of hydrogen-bond donors (Lipinski definition) is 1. The quantitative estimate of drug-likeness (QED) is 0.752. The Morgan fingerprint density at radius 1 is 1.22 bits per heavy atom. The Kier molecular flexibility index (Phi) is 3.05. The van der Waals surface area contributed by atoms with E-state index >= 15 is 0 Å². The first-order valence-corrected chi connectivity index (χ1v) is 6.78. The summed E-state index contributed by atoms with van der Waals surface area (Å²) in [6, 6.07) is 0. The summed E-state index contributed by atoms with van der Waals surface area (Å²) < 4.78 is 0. The molecule has 0 radical (unpaired) electrons. The number of piperidine rings is 1. The maximum atomic E-state index is 12.1. The average Bonchev–Trinajstić information content (AvgIpc) is 2.75. The van der Waals surface area contributed by atoms with Crippen LogP contribution in [0.5, 0.6) is 0 Å². The Labute approximate surface area is 109 Å². The largest absolute Gasteiger partial charge is 0.330 e. The van der Waals surface area contributed by atoms with Crippen molar-refractivity contribution >= 4 is 11.8 Å². The molecule has 2 atom stereocenters. The molecule has 0 bridgehead atoms. The molecule has 0 aromatic carbocycles. The van der Waals surface area contributed by atoms with Crippen molar-refractivity contribution in [2.75, 3.05) is 13.1 Å². The van der Waals surface area contributed by atoms with Gasteiger partial charge in [-0.2, -0.15) is 0 Å². The Bertz CT molecular complexity index is 363. The van der Waals surface area contributed by atoms with Crippen molar-refractivity contribution in [2.24, 2.45) is 28.4 Å². The van der Waals surface area contributed by atoms with Crippen LogP contribution in [0.2, 0.25) is 0 Å². The molecule has 1 saturated carbocycles. The molecule has 1 saturated heterocycles. The Hall–Kier alpha value is -0.900. The van der Waals surface area contributed by atoms with E-state index in [0.717, 1.165) is 12.8 Å². The third kappa shape index (κ3) is 1.96. The third-order valence-electron chi connectivity index (χ3n) is 4.68. The zero-order chi connectivity index (χ0) is 13.7. The van der Waals surface area contributed by atoms with E-state index in [-0.39, 0.29) is 34.5 Å². The smallest absolute Gasteiger partial charge is 0.233 e. The first kappa shape index (κ1) is 13.5. The van der Waals surface area contributed by atoms with Crippen molar-refractivity contribution in [3.8, 4) is 0 Å². The lowest BCUT2D eigenvalue weighted by molar-refractivity contribution is -0.143. The first-order chi connectivity index (χ1) is 8.22. The van der Waals surface area contributed by atoms with E-state index in [1.807, 2.05) is 13.8 Å². The molecule has 1 aliphatic carbocycles. The summed E-state index contributed by atoms with van der Waals surface area (Å²) in [5, 5.41) is 0. The minimum atomic E-state index is -0.0960. The lowest BCUT2D eigenvalue weighted by Gasteiger charge is -2.25. The molecule has 0 spiro atoms. The van der Waals surface area contributed by atoms with Gasteiger partial charge in [0.05, 0.1) is 11.8 Å². The second-order valence-corrected chi connectivity index (χ2v) is 7.08. The van der Waals surface area contributed by atoms with Gasteiger partial charge >= 0.3 is 0 Å². The molecule has 2 N–H and O–H groups in total. The van der Waals surface area contributed by atoms with Gasteiger partial charge in [0.1, 0.15) is 0 Å². The van der Waals surface area contributed by atoms with Crippen molar-refractivity contribution in [3.63, 3.8) is 0 Å². The van der Waals surface area contributed by atoms with Gasteiger partial charge in [-0.1, -0.05) is 27.7 Å². The van der Waals surface area contributed by atoms with Crippen LogP contribution in [0.4, 0.5) is 0 Å². The molecule has 1 heterocycles. The van der Waals surface area contributed by atoms with Crippen LogP contribution in [0, 0.1) is 22.7 Å². The minimum absolute atomic E-state index is 0.0422.